The number of H-pyrrole nitrogens is 1. The third kappa shape index (κ3) is 3.32. The van der Waals surface area contributed by atoms with Gasteiger partial charge in [0.1, 0.15) is 5.82 Å². The van der Waals surface area contributed by atoms with E-state index in [1.807, 2.05) is 0 Å². The van der Waals surface area contributed by atoms with Crippen molar-refractivity contribution in [3.63, 3.8) is 0 Å². The number of hydrogen-bond donors (Lipinski definition) is 3. The Balaban J connectivity index is 1.22. The Hall–Kier alpha value is -2.74. The SMILES string of the molecule is CN(Cc1ccc(-c2[nH]c3cc(F)cc4c3c2CCNC4=O)cc1)C1CN(C2CNC2)C1. The van der Waals surface area contributed by atoms with E-state index in [9.17, 15) is 9.18 Å². The van der Waals surface area contributed by atoms with Crippen molar-refractivity contribution in [3.05, 3.63) is 58.9 Å². The molecule has 1 amide bonds. The van der Waals surface area contributed by atoms with Gasteiger partial charge in [-0.1, -0.05) is 24.3 Å². The fourth-order valence-electron chi connectivity index (χ4n) is 5.23. The summed E-state index contributed by atoms with van der Waals surface area (Å²) >= 11 is 0. The monoisotopic (exact) mass is 433 g/mol. The van der Waals surface area contributed by atoms with E-state index in [-0.39, 0.29) is 5.91 Å². The first kappa shape index (κ1) is 19.9. The molecule has 0 spiro atoms. The molecule has 0 saturated carbocycles. The summed E-state index contributed by atoms with van der Waals surface area (Å²) in [6.45, 7) is 6.05. The van der Waals surface area contributed by atoms with E-state index in [4.69, 9.17) is 0 Å². The van der Waals surface area contributed by atoms with E-state index in [1.54, 1.807) is 0 Å². The van der Waals surface area contributed by atoms with Gasteiger partial charge in [-0.05, 0) is 42.3 Å². The van der Waals surface area contributed by atoms with Crippen LogP contribution in [0.25, 0.3) is 22.2 Å². The number of nitrogens with one attached hydrogen (secondary N) is 3. The van der Waals surface area contributed by atoms with Crippen LogP contribution in [0.15, 0.2) is 36.4 Å². The lowest BCUT2D eigenvalue weighted by atomic mass is 9.99. The molecule has 2 aromatic carbocycles. The second-order valence-corrected chi connectivity index (χ2v) is 9.39. The molecule has 1 aromatic heterocycles. The second-order valence-electron chi connectivity index (χ2n) is 9.39. The van der Waals surface area contributed by atoms with E-state index in [0.717, 1.165) is 67.4 Å². The van der Waals surface area contributed by atoms with Gasteiger partial charge < -0.3 is 15.6 Å². The molecular weight excluding hydrogens is 405 g/mol. The minimum Gasteiger partial charge on any atom is -0.354 e. The number of carbonyl (C=O) groups is 1. The number of amides is 1. The summed E-state index contributed by atoms with van der Waals surface area (Å²) in [5.74, 6) is -0.606. The van der Waals surface area contributed by atoms with Gasteiger partial charge in [-0.3, -0.25) is 14.6 Å². The van der Waals surface area contributed by atoms with Crippen LogP contribution in [0.5, 0.6) is 0 Å². The fraction of sp³-hybridized carbons (Fsp3) is 0.400. The van der Waals surface area contributed by atoms with E-state index in [0.29, 0.717) is 23.7 Å². The molecule has 0 aliphatic carbocycles. The predicted octanol–water partition coefficient (Wildman–Crippen LogP) is 2.35. The summed E-state index contributed by atoms with van der Waals surface area (Å²) in [6.07, 6.45) is 0.721. The first-order valence-corrected chi connectivity index (χ1v) is 11.4. The van der Waals surface area contributed by atoms with Crippen LogP contribution in [0.2, 0.25) is 0 Å². The van der Waals surface area contributed by atoms with Gasteiger partial charge in [0.05, 0.1) is 5.56 Å². The number of halogens is 1. The number of aromatic amines is 1. The summed E-state index contributed by atoms with van der Waals surface area (Å²) in [5.41, 5.74) is 5.51. The van der Waals surface area contributed by atoms with Crippen LogP contribution in [0.3, 0.4) is 0 Å². The van der Waals surface area contributed by atoms with Crippen LogP contribution in [0.1, 0.15) is 21.5 Å². The van der Waals surface area contributed by atoms with E-state index < -0.39 is 5.82 Å². The molecule has 2 saturated heterocycles. The summed E-state index contributed by atoms with van der Waals surface area (Å²) in [4.78, 5) is 20.8. The zero-order valence-corrected chi connectivity index (χ0v) is 18.2. The number of likely N-dealkylation sites (N-methyl/N-ethyl adjacent to an activating group) is 1. The zero-order valence-electron chi connectivity index (χ0n) is 18.2. The van der Waals surface area contributed by atoms with Gasteiger partial charge in [-0.2, -0.15) is 0 Å². The van der Waals surface area contributed by atoms with Crippen molar-refractivity contribution < 1.29 is 9.18 Å². The first-order valence-electron chi connectivity index (χ1n) is 11.4. The highest BCUT2D eigenvalue weighted by Crippen LogP contribution is 2.35. The molecule has 3 aromatic rings. The van der Waals surface area contributed by atoms with Crippen LogP contribution in [-0.4, -0.2) is 72.5 Å². The normalized spacial score (nSPS) is 19.7. The number of benzene rings is 2. The largest absolute Gasteiger partial charge is 0.354 e. The lowest BCUT2D eigenvalue weighted by Gasteiger charge is -2.50. The van der Waals surface area contributed by atoms with Crippen molar-refractivity contribution in [1.82, 2.24) is 25.4 Å². The highest BCUT2D eigenvalue weighted by atomic mass is 19.1. The average Bonchev–Trinajstić information content (AvgIpc) is 2.97. The molecule has 6 nitrogen and oxygen atoms in total. The molecule has 3 aliphatic rings. The molecule has 32 heavy (non-hydrogen) atoms. The highest BCUT2D eigenvalue weighted by molar-refractivity contribution is 6.10. The molecule has 4 heterocycles. The van der Waals surface area contributed by atoms with Gasteiger partial charge in [-0.15, -0.1) is 0 Å². The minimum atomic E-state index is -0.398. The van der Waals surface area contributed by atoms with Crippen molar-refractivity contribution in [2.24, 2.45) is 0 Å². The van der Waals surface area contributed by atoms with Crippen LogP contribution in [0, 0.1) is 5.82 Å². The quantitative estimate of drug-likeness (QED) is 0.578. The molecule has 3 aliphatic heterocycles. The van der Waals surface area contributed by atoms with Crippen molar-refractivity contribution in [2.75, 3.05) is 39.8 Å². The first-order chi connectivity index (χ1) is 15.6. The van der Waals surface area contributed by atoms with Crippen molar-refractivity contribution in [2.45, 2.75) is 25.0 Å². The minimum absolute atomic E-state index is 0.208. The Morgan fingerprint density at radius 1 is 1.16 bits per heavy atom. The Morgan fingerprint density at radius 3 is 2.66 bits per heavy atom. The van der Waals surface area contributed by atoms with Crippen LogP contribution >= 0.6 is 0 Å². The molecule has 7 heteroatoms. The Morgan fingerprint density at radius 2 is 1.94 bits per heavy atom. The molecular formula is C25H28FN5O. The van der Waals surface area contributed by atoms with Crippen LogP contribution < -0.4 is 10.6 Å². The Labute approximate surface area is 186 Å². The van der Waals surface area contributed by atoms with Gasteiger partial charge >= 0.3 is 0 Å². The fourth-order valence-corrected chi connectivity index (χ4v) is 5.23. The summed E-state index contributed by atoms with van der Waals surface area (Å²) in [6, 6.07) is 12.8. The van der Waals surface area contributed by atoms with E-state index in [1.165, 1.54) is 17.7 Å². The Kier molecular flexibility index (Phi) is 4.78. The summed E-state index contributed by atoms with van der Waals surface area (Å²) < 4.78 is 14.1. The molecule has 3 N–H and O–H groups in total. The Bertz CT molecular complexity index is 1180. The zero-order chi connectivity index (χ0) is 21.8. The van der Waals surface area contributed by atoms with Crippen molar-refractivity contribution >= 4 is 16.8 Å². The number of aromatic nitrogens is 1. The maximum Gasteiger partial charge on any atom is 0.252 e. The third-order valence-corrected chi connectivity index (χ3v) is 7.34. The maximum absolute atomic E-state index is 14.1. The smallest absolute Gasteiger partial charge is 0.252 e. The van der Waals surface area contributed by atoms with Crippen LogP contribution in [-0.2, 0) is 13.0 Å². The van der Waals surface area contributed by atoms with Gasteiger partial charge in [-0.25, -0.2) is 4.39 Å². The van der Waals surface area contributed by atoms with Gasteiger partial charge in [0, 0.05) is 67.9 Å². The molecule has 0 atom stereocenters. The van der Waals surface area contributed by atoms with Gasteiger partial charge in [0.15, 0.2) is 0 Å². The second kappa shape index (κ2) is 7.69. The lowest BCUT2D eigenvalue weighted by molar-refractivity contribution is -0.00302. The average molecular weight is 434 g/mol. The summed E-state index contributed by atoms with van der Waals surface area (Å²) in [7, 11) is 2.21. The number of rotatable bonds is 5. The number of carbonyl (C=O) groups excluding carboxylic acids is 1. The number of hydrogen-bond acceptors (Lipinski definition) is 4. The van der Waals surface area contributed by atoms with Crippen LogP contribution in [0.4, 0.5) is 4.39 Å². The lowest BCUT2D eigenvalue weighted by Crippen LogP contribution is -2.68. The molecule has 166 valence electrons. The van der Waals surface area contributed by atoms with E-state index in [2.05, 4.69) is 56.7 Å². The molecule has 2 fully saturated rings. The van der Waals surface area contributed by atoms with Crippen molar-refractivity contribution in [3.8, 4) is 11.3 Å². The third-order valence-electron chi connectivity index (χ3n) is 7.34. The highest BCUT2D eigenvalue weighted by Gasteiger charge is 2.36. The molecule has 0 bridgehead atoms. The molecule has 6 rings (SSSR count). The standard InChI is InChI=1S/C25H28FN5O/c1-30(19-13-31(14-19)18-10-27-11-18)12-15-2-4-16(5-3-15)24-20-6-7-28-25(32)21-8-17(26)9-22(29-24)23(20)21/h2-5,8-9,18-19,27,29H,6-7,10-14H2,1H3,(H,28,32). The van der Waals surface area contributed by atoms with Gasteiger partial charge in [0.2, 0.25) is 0 Å². The summed E-state index contributed by atoms with van der Waals surface area (Å²) in [5, 5.41) is 7.07. The topological polar surface area (TPSA) is 63.4 Å². The molecule has 0 unspecified atom stereocenters. The number of likely N-dealkylation sites (tertiary alicyclic amines) is 1. The maximum atomic E-state index is 14.1. The van der Waals surface area contributed by atoms with E-state index >= 15 is 0 Å². The van der Waals surface area contributed by atoms with Crippen molar-refractivity contribution in [1.29, 1.82) is 0 Å². The predicted molar refractivity (Wildman–Crippen MR) is 123 cm³/mol. The van der Waals surface area contributed by atoms with Gasteiger partial charge in [0.25, 0.3) is 5.91 Å². The molecule has 0 radical (unpaired) electrons. The number of nitrogens with zero attached hydrogens (tertiary/aromatic N) is 2.